The molecule has 7 heteroatoms. The average Bonchev–Trinajstić information content (AvgIpc) is 2.56. The number of carboxylic acid groups (broad SMARTS) is 1. The predicted molar refractivity (Wildman–Crippen MR) is 63.7 cm³/mol. The molecule has 1 fully saturated rings. The molecule has 2 atom stereocenters. The van der Waals surface area contributed by atoms with Crippen LogP contribution in [-0.4, -0.2) is 54.2 Å². The van der Waals surface area contributed by atoms with Crippen molar-refractivity contribution in [3.05, 3.63) is 10.4 Å². The largest absolute Gasteiger partial charge is 0.480 e. The number of nitrogens with zero attached hydrogens (tertiary/aromatic N) is 4. The van der Waals surface area contributed by atoms with Crippen molar-refractivity contribution in [2.45, 2.75) is 31.3 Å². The van der Waals surface area contributed by atoms with Crippen molar-refractivity contribution in [2.75, 3.05) is 26.7 Å². The second-order valence-electron chi connectivity index (χ2n) is 4.59. The Hall–Kier alpha value is -1.30. The average molecular weight is 241 g/mol. The van der Waals surface area contributed by atoms with Crippen LogP contribution in [0.2, 0.25) is 0 Å². The normalized spacial score (nSPS) is 28.9. The molecule has 0 aromatic rings. The molecule has 1 saturated heterocycles. The Morgan fingerprint density at radius 1 is 1.76 bits per heavy atom. The lowest BCUT2D eigenvalue weighted by atomic mass is 9.96. The molecule has 1 aliphatic heterocycles. The molecule has 1 heterocycles. The van der Waals surface area contributed by atoms with Gasteiger partial charge in [-0.3, -0.25) is 4.79 Å². The van der Waals surface area contributed by atoms with Crippen LogP contribution in [0.5, 0.6) is 0 Å². The fourth-order valence-corrected chi connectivity index (χ4v) is 2.19. The molecule has 2 unspecified atom stereocenters. The summed E-state index contributed by atoms with van der Waals surface area (Å²) < 4.78 is 0. The fraction of sp³-hybridized carbons (Fsp3) is 0.900. The third-order valence-electron chi connectivity index (χ3n) is 3.29. The first kappa shape index (κ1) is 13.8. The lowest BCUT2D eigenvalue weighted by Crippen LogP contribution is -2.54. The fourth-order valence-electron chi connectivity index (χ4n) is 2.19. The maximum atomic E-state index is 11.4. The maximum Gasteiger partial charge on any atom is 0.325 e. The van der Waals surface area contributed by atoms with Crippen LogP contribution in [0, 0.1) is 0 Å². The van der Waals surface area contributed by atoms with Crippen LogP contribution in [0.15, 0.2) is 5.11 Å². The first-order valence-electron chi connectivity index (χ1n) is 5.71. The van der Waals surface area contributed by atoms with Gasteiger partial charge in [0.15, 0.2) is 0 Å². The van der Waals surface area contributed by atoms with Gasteiger partial charge in [-0.2, -0.15) is 0 Å². The summed E-state index contributed by atoms with van der Waals surface area (Å²) in [6, 6.07) is 0.260. The van der Waals surface area contributed by atoms with E-state index in [2.05, 4.69) is 15.3 Å². The van der Waals surface area contributed by atoms with Gasteiger partial charge in [-0.15, -0.1) is 0 Å². The SMILES string of the molecule is CC1CC(NCCCN=[N+]=[N-])(C(=O)O)CN1C. The number of likely N-dealkylation sites (tertiary alicyclic amines) is 1. The summed E-state index contributed by atoms with van der Waals surface area (Å²) in [5, 5.41) is 15.8. The van der Waals surface area contributed by atoms with Gasteiger partial charge in [-0.1, -0.05) is 5.11 Å². The van der Waals surface area contributed by atoms with Crippen LogP contribution < -0.4 is 5.32 Å². The van der Waals surface area contributed by atoms with E-state index in [1.54, 1.807) is 0 Å². The smallest absolute Gasteiger partial charge is 0.325 e. The highest BCUT2D eigenvalue weighted by Gasteiger charge is 2.46. The Morgan fingerprint density at radius 2 is 2.47 bits per heavy atom. The number of likely N-dealkylation sites (N-methyl/N-ethyl adjacent to an activating group) is 1. The molecule has 7 nitrogen and oxygen atoms in total. The van der Waals surface area contributed by atoms with Crippen molar-refractivity contribution in [2.24, 2.45) is 5.11 Å². The molecule has 0 amide bonds. The van der Waals surface area contributed by atoms with Crippen molar-refractivity contribution in [1.29, 1.82) is 0 Å². The van der Waals surface area contributed by atoms with E-state index in [4.69, 9.17) is 5.53 Å². The minimum Gasteiger partial charge on any atom is -0.480 e. The van der Waals surface area contributed by atoms with Gasteiger partial charge in [-0.25, -0.2) is 0 Å². The predicted octanol–water partition coefficient (Wildman–Crippen LogP) is 0.824. The number of carbonyl (C=O) groups is 1. The number of hydrogen-bond donors (Lipinski definition) is 2. The molecule has 0 radical (unpaired) electrons. The van der Waals surface area contributed by atoms with E-state index in [9.17, 15) is 9.90 Å². The van der Waals surface area contributed by atoms with Gasteiger partial charge < -0.3 is 15.3 Å². The van der Waals surface area contributed by atoms with Crippen LogP contribution in [0.25, 0.3) is 10.4 Å². The summed E-state index contributed by atoms with van der Waals surface area (Å²) in [5.74, 6) is -0.808. The van der Waals surface area contributed by atoms with Gasteiger partial charge in [0.2, 0.25) is 0 Å². The summed E-state index contributed by atoms with van der Waals surface area (Å²) in [7, 11) is 1.93. The van der Waals surface area contributed by atoms with E-state index in [1.165, 1.54) is 0 Å². The summed E-state index contributed by atoms with van der Waals surface area (Å²) >= 11 is 0. The Labute approximate surface area is 100 Å². The van der Waals surface area contributed by atoms with E-state index >= 15 is 0 Å². The van der Waals surface area contributed by atoms with E-state index in [-0.39, 0.29) is 6.04 Å². The van der Waals surface area contributed by atoms with Crippen LogP contribution in [0.4, 0.5) is 0 Å². The van der Waals surface area contributed by atoms with E-state index in [0.717, 1.165) is 0 Å². The molecule has 0 bridgehead atoms. The quantitative estimate of drug-likeness (QED) is 0.311. The number of rotatable bonds is 6. The lowest BCUT2D eigenvalue weighted by molar-refractivity contribution is -0.144. The third kappa shape index (κ3) is 3.33. The van der Waals surface area contributed by atoms with E-state index in [0.29, 0.717) is 32.5 Å². The van der Waals surface area contributed by atoms with Crippen molar-refractivity contribution in [1.82, 2.24) is 10.2 Å². The minimum atomic E-state index is -0.857. The van der Waals surface area contributed by atoms with Gasteiger partial charge in [0.05, 0.1) is 0 Å². The molecule has 1 aliphatic rings. The van der Waals surface area contributed by atoms with Crippen LogP contribution in [0.1, 0.15) is 19.8 Å². The Balaban J connectivity index is 2.50. The Kier molecular flexibility index (Phi) is 4.74. The zero-order valence-corrected chi connectivity index (χ0v) is 10.3. The van der Waals surface area contributed by atoms with Crippen molar-refractivity contribution >= 4 is 5.97 Å². The Morgan fingerprint density at radius 3 is 2.94 bits per heavy atom. The molecule has 0 aromatic heterocycles. The molecule has 0 saturated carbocycles. The number of nitrogens with one attached hydrogen (secondary N) is 1. The van der Waals surface area contributed by atoms with Crippen molar-refractivity contribution < 1.29 is 9.90 Å². The highest BCUT2D eigenvalue weighted by molar-refractivity contribution is 5.79. The topological polar surface area (TPSA) is 101 Å². The zero-order chi connectivity index (χ0) is 12.9. The van der Waals surface area contributed by atoms with Gasteiger partial charge >= 0.3 is 5.97 Å². The number of azide groups is 1. The van der Waals surface area contributed by atoms with Gasteiger partial charge in [-0.05, 0) is 38.9 Å². The minimum absolute atomic E-state index is 0.260. The first-order chi connectivity index (χ1) is 8.02. The number of carboxylic acids is 1. The lowest BCUT2D eigenvalue weighted by Gasteiger charge is -2.25. The highest BCUT2D eigenvalue weighted by atomic mass is 16.4. The summed E-state index contributed by atoms with van der Waals surface area (Å²) in [6.07, 6.45) is 1.25. The van der Waals surface area contributed by atoms with Crippen LogP contribution in [0.3, 0.4) is 0 Å². The van der Waals surface area contributed by atoms with Gasteiger partial charge in [0, 0.05) is 24.0 Å². The molecule has 2 N–H and O–H groups in total. The monoisotopic (exact) mass is 241 g/mol. The molecular formula is C10H19N5O2. The summed E-state index contributed by atoms with van der Waals surface area (Å²) in [4.78, 5) is 16.1. The van der Waals surface area contributed by atoms with Gasteiger partial charge in [0.25, 0.3) is 0 Å². The maximum absolute atomic E-state index is 11.4. The van der Waals surface area contributed by atoms with Crippen molar-refractivity contribution in [3.8, 4) is 0 Å². The second kappa shape index (κ2) is 5.86. The molecule has 0 spiro atoms. The molecule has 0 aromatic carbocycles. The van der Waals surface area contributed by atoms with E-state index in [1.807, 2.05) is 18.9 Å². The summed E-state index contributed by atoms with van der Waals surface area (Å²) in [5.41, 5.74) is 7.27. The third-order valence-corrected chi connectivity index (χ3v) is 3.29. The number of aliphatic carboxylic acids is 1. The number of hydrogen-bond acceptors (Lipinski definition) is 4. The molecular weight excluding hydrogens is 222 g/mol. The molecule has 0 aliphatic carbocycles. The van der Waals surface area contributed by atoms with Crippen LogP contribution in [-0.2, 0) is 4.79 Å². The molecule has 96 valence electrons. The molecule has 1 rings (SSSR count). The zero-order valence-electron chi connectivity index (χ0n) is 10.3. The molecule has 17 heavy (non-hydrogen) atoms. The highest BCUT2D eigenvalue weighted by Crippen LogP contribution is 2.25. The second-order valence-corrected chi connectivity index (χ2v) is 4.59. The van der Waals surface area contributed by atoms with Crippen molar-refractivity contribution in [3.63, 3.8) is 0 Å². The van der Waals surface area contributed by atoms with Crippen LogP contribution >= 0.6 is 0 Å². The summed E-state index contributed by atoms with van der Waals surface area (Å²) in [6.45, 7) is 3.47. The first-order valence-corrected chi connectivity index (χ1v) is 5.71. The van der Waals surface area contributed by atoms with E-state index < -0.39 is 11.5 Å². The standard InChI is InChI=1S/C10H19N5O2/c1-8-6-10(9(16)17,7-15(8)2)12-4-3-5-13-14-11/h8,12H,3-7H2,1-2H3,(H,16,17). The van der Waals surface area contributed by atoms with Gasteiger partial charge in [0.1, 0.15) is 5.54 Å². The Bertz CT molecular complexity index is 317.